The van der Waals surface area contributed by atoms with E-state index in [0.29, 0.717) is 0 Å². The van der Waals surface area contributed by atoms with Crippen LogP contribution in [0.25, 0.3) is 0 Å². The molecule has 1 heterocycles. The molecular formula is C7H12FNO3. The maximum Gasteiger partial charge on any atom is 0.255 e. The van der Waals surface area contributed by atoms with Crippen molar-refractivity contribution in [3.63, 3.8) is 0 Å². The van der Waals surface area contributed by atoms with Gasteiger partial charge in [-0.15, -0.1) is 0 Å². The highest BCUT2D eigenvalue weighted by Crippen LogP contribution is 2.20. The second-order valence-electron chi connectivity index (χ2n) is 2.82. The van der Waals surface area contributed by atoms with Gasteiger partial charge in [0.1, 0.15) is 0 Å². The van der Waals surface area contributed by atoms with Crippen LogP contribution < -0.4 is 5.32 Å². The number of halogens is 1. The lowest BCUT2D eigenvalue weighted by molar-refractivity contribution is -0.124. The van der Waals surface area contributed by atoms with Gasteiger partial charge in [0.15, 0.2) is 6.17 Å². The van der Waals surface area contributed by atoms with Crippen molar-refractivity contribution in [1.29, 1.82) is 0 Å². The summed E-state index contributed by atoms with van der Waals surface area (Å²) in [6.07, 6.45) is -1.55. The smallest absolute Gasteiger partial charge is 0.255 e. The highest BCUT2D eigenvalue weighted by atomic mass is 19.1. The molecule has 0 bridgehead atoms. The summed E-state index contributed by atoms with van der Waals surface area (Å²) in [6.45, 7) is -0.106. The number of alkyl halides is 1. The maximum atomic E-state index is 13.0. The van der Waals surface area contributed by atoms with Gasteiger partial charge in [0, 0.05) is 13.0 Å². The van der Waals surface area contributed by atoms with Crippen LogP contribution in [0, 0.1) is 5.92 Å². The molecule has 5 heteroatoms. The fourth-order valence-electron chi connectivity index (χ4n) is 1.34. The van der Waals surface area contributed by atoms with Gasteiger partial charge in [-0.25, -0.2) is 4.39 Å². The molecule has 1 rings (SSSR count). The monoisotopic (exact) mass is 177 g/mol. The van der Waals surface area contributed by atoms with E-state index in [2.05, 4.69) is 5.32 Å². The van der Waals surface area contributed by atoms with Crippen LogP contribution in [0.4, 0.5) is 4.39 Å². The molecular weight excluding hydrogens is 165 g/mol. The van der Waals surface area contributed by atoms with E-state index in [9.17, 15) is 9.18 Å². The molecule has 70 valence electrons. The van der Waals surface area contributed by atoms with Gasteiger partial charge >= 0.3 is 0 Å². The number of hydrogen-bond donors (Lipinski definition) is 2. The topological polar surface area (TPSA) is 58.6 Å². The first kappa shape index (κ1) is 9.41. The number of carbonyl (C=O) groups excluding carboxylic acids is 1. The molecule has 1 aliphatic heterocycles. The number of methoxy groups -OCH3 is 1. The zero-order valence-electron chi connectivity index (χ0n) is 6.79. The Bertz CT molecular complexity index is 176. The number of aliphatic hydroxyl groups is 1. The third-order valence-electron chi connectivity index (χ3n) is 2.03. The van der Waals surface area contributed by atoms with Crippen molar-refractivity contribution in [2.24, 2.45) is 5.92 Å². The van der Waals surface area contributed by atoms with Crippen LogP contribution in [0.15, 0.2) is 0 Å². The lowest BCUT2D eigenvalue weighted by Gasteiger charge is -2.15. The van der Waals surface area contributed by atoms with Gasteiger partial charge in [0.2, 0.25) is 0 Å². The van der Waals surface area contributed by atoms with Gasteiger partial charge in [0.05, 0.1) is 19.3 Å². The average Bonchev–Trinajstić information content (AvgIpc) is 2.33. The zero-order chi connectivity index (χ0) is 9.14. The summed E-state index contributed by atoms with van der Waals surface area (Å²) in [5.74, 6) is -1.22. The number of hydrogen-bond acceptors (Lipinski definition) is 3. The minimum absolute atomic E-state index is 0.144. The average molecular weight is 177 g/mol. The molecule has 0 spiro atoms. The summed E-state index contributed by atoms with van der Waals surface area (Å²) < 4.78 is 17.7. The minimum Gasteiger partial charge on any atom is -0.394 e. The molecule has 1 fully saturated rings. The molecule has 1 saturated heterocycles. The number of ether oxygens (including phenoxy) is 1. The predicted octanol–water partition coefficient (Wildman–Crippen LogP) is -0.922. The van der Waals surface area contributed by atoms with Crippen molar-refractivity contribution >= 4 is 5.91 Å². The number of rotatable bonds is 3. The Balaban J connectivity index is 2.60. The van der Waals surface area contributed by atoms with Crippen molar-refractivity contribution in [2.45, 2.75) is 12.2 Å². The lowest BCUT2D eigenvalue weighted by atomic mass is 10.0. The standard InChI is InChI=1S/C7H12FNO3/c1-12-3-4-5(2-10)9-7(11)6(4)8/h4-6,10H,2-3H2,1H3,(H,9,11). The molecule has 12 heavy (non-hydrogen) atoms. The van der Waals surface area contributed by atoms with Gasteiger partial charge in [-0.3, -0.25) is 4.79 Å². The van der Waals surface area contributed by atoms with Crippen LogP contribution in [-0.4, -0.2) is 43.6 Å². The molecule has 1 amide bonds. The molecule has 0 aromatic carbocycles. The SMILES string of the molecule is COCC1C(CO)NC(=O)C1F. The van der Waals surface area contributed by atoms with Gasteiger partial charge in [-0.1, -0.05) is 0 Å². The van der Waals surface area contributed by atoms with Crippen LogP contribution >= 0.6 is 0 Å². The summed E-state index contributed by atoms with van der Waals surface area (Å²) in [5.41, 5.74) is 0. The van der Waals surface area contributed by atoms with Crippen molar-refractivity contribution in [3.05, 3.63) is 0 Å². The number of aliphatic hydroxyl groups excluding tert-OH is 1. The van der Waals surface area contributed by atoms with Crippen LogP contribution in [0.3, 0.4) is 0 Å². The summed E-state index contributed by atoms with van der Waals surface area (Å²) in [7, 11) is 1.43. The normalized spacial score (nSPS) is 35.2. The van der Waals surface area contributed by atoms with Gasteiger partial charge < -0.3 is 15.2 Å². The molecule has 0 radical (unpaired) electrons. The quantitative estimate of drug-likeness (QED) is 0.586. The molecule has 0 aromatic rings. The number of amides is 1. The summed E-state index contributed by atoms with van der Waals surface area (Å²) in [6, 6.07) is -0.507. The van der Waals surface area contributed by atoms with Crippen molar-refractivity contribution in [3.8, 4) is 0 Å². The van der Waals surface area contributed by atoms with E-state index in [-0.39, 0.29) is 13.2 Å². The van der Waals surface area contributed by atoms with E-state index in [0.717, 1.165) is 0 Å². The van der Waals surface area contributed by atoms with E-state index in [1.165, 1.54) is 7.11 Å². The minimum atomic E-state index is -1.55. The maximum absolute atomic E-state index is 13.0. The Morgan fingerprint density at radius 2 is 2.42 bits per heavy atom. The van der Waals surface area contributed by atoms with E-state index in [1.54, 1.807) is 0 Å². The second-order valence-corrected chi connectivity index (χ2v) is 2.82. The van der Waals surface area contributed by atoms with Crippen molar-refractivity contribution in [1.82, 2.24) is 5.32 Å². The highest BCUT2D eigenvalue weighted by Gasteiger charge is 2.42. The Kier molecular flexibility index (Phi) is 2.99. The fourth-order valence-corrected chi connectivity index (χ4v) is 1.34. The van der Waals surface area contributed by atoms with Crippen LogP contribution in [-0.2, 0) is 9.53 Å². The molecule has 0 aromatic heterocycles. The molecule has 1 aliphatic rings. The van der Waals surface area contributed by atoms with E-state index in [4.69, 9.17) is 9.84 Å². The fraction of sp³-hybridized carbons (Fsp3) is 0.857. The third-order valence-corrected chi connectivity index (χ3v) is 2.03. The Labute approximate surface area is 69.7 Å². The van der Waals surface area contributed by atoms with E-state index >= 15 is 0 Å². The summed E-state index contributed by atoms with van der Waals surface area (Å²) in [4.78, 5) is 10.8. The lowest BCUT2D eigenvalue weighted by Crippen LogP contribution is -2.34. The number of carbonyl (C=O) groups is 1. The predicted molar refractivity (Wildman–Crippen MR) is 39.3 cm³/mol. The first-order chi connectivity index (χ1) is 5.70. The van der Waals surface area contributed by atoms with Crippen LogP contribution in [0.2, 0.25) is 0 Å². The van der Waals surface area contributed by atoms with Crippen LogP contribution in [0.1, 0.15) is 0 Å². The molecule has 3 unspecified atom stereocenters. The van der Waals surface area contributed by atoms with E-state index in [1.807, 2.05) is 0 Å². The Morgan fingerprint density at radius 3 is 2.92 bits per heavy atom. The molecule has 0 saturated carbocycles. The van der Waals surface area contributed by atoms with Gasteiger partial charge in [-0.05, 0) is 0 Å². The Morgan fingerprint density at radius 1 is 1.75 bits per heavy atom. The third kappa shape index (κ3) is 1.56. The molecule has 3 atom stereocenters. The largest absolute Gasteiger partial charge is 0.394 e. The first-order valence-corrected chi connectivity index (χ1v) is 3.75. The molecule has 2 N–H and O–H groups in total. The van der Waals surface area contributed by atoms with Crippen molar-refractivity contribution in [2.75, 3.05) is 20.3 Å². The highest BCUT2D eigenvalue weighted by molar-refractivity contribution is 5.83. The van der Waals surface area contributed by atoms with E-state index < -0.39 is 24.0 Å². The molecule has 0 aliphatic carbocycles. The van der Waals surface area contributed by atoms with Gasteiger partial charge in [-0.2, -0.15) is 0 Å². The Hall–Kier alpha value is -0.680. The van der Waals surface area contributed by atoms with Crippen molar-refractivity contribution < 1.29 is 19.0 Å². The summed E-state index contributed by atoms with van der Waals surface area (Å²) >= 11 is 0. The van der Waals surface area contributed by atoms with Gasteiger partial charge in [0.25, 0.3) is 5.91 Å². The summed E-state index contributed by atoms with van der Waals surface area (Å²) in [5, 5.41) is 11.1. The zero-order valence-corrected chi connectivity index (χ0v) is 6.79. The number of nitrogens with one attached hydrogen (secondary N) is 1. The second kappa shape index (κ2) is 3.82. The molecule has 4 nitrogen and oxygen atoms in total. The first-order valence-electron chi connectivity index (χ1n) is 3.75. The van der Waals surface area contributed by atoms with Crippen LogP contribution in [0.5, 0.6) is 0 Å².